The van der Waals surface area contributed by atoms with E-state index in [1.54, 1.807) is 0 Å². The van der Waals surface area contributed by atoms with E-state index in [0.717, 1.165) is 36.9 Å². The summed E-state index contributed by atoms with van der Waals surface area (Å²) in [6, 6.07) is 0. The van der Waals surface area contributed by atoms with Crippen molar-refractivity contribution in [2.75, 3.05) is 54.1 Å². The highest BCUT2D eigenvalue weighted by atomic mass is 31.2. The van der Waals surface area contributed by atoms with E-state index in [0.29, 0.717) is 32.7 Å². The van der Waals surface area contributed by atoms with Gasteiger partial charge in [0.2, 0.25) is 0 Å². The minimum atomic E-state index is -1.90. The summed E-state index contributed by atoms with van der Waals surface area (Å²) in [7, 11) is 4.61. The molecule has 6 nitrogen and oxygen atoms in total. The van der Waals surface area contributed by atoms with Crippen LogP contribution in [0.3, 0.4) is 0 Å². The van der Waals surface area contributed by atoms with Gasteiger partial charge in [0.15, 0.2) is 0 Å². The second kappa shape index (κ2) is 26.1. The van der Waals surface area contributed by atoms with Crippen LogP contribution in [0.5, 0.6) is 0 Å². The number of hydrogen-bond acceptors (Lipinski definition) is 5. The van der Waals surface area contributed by atoms with Gasteiger partial charge in [0.25, 0.3) is 0 Å². The van der Waals surface area contributed by atoms with Gasteiger partial charge in [-0.3, -0.25) is 4.79 Å². The van der Waals surface area contributed by atoms with Crippen molar-refractivity contribution in [1.29, 1.82) is 0 Å². The Bertz CT molecular complexity index is 501. The second-order valence-corrected chi connectivity index (χ2v) is 12.7. The second-order valence-electron chi connectivity index (χ2n) is 11.7. The smallest absolute Gasteiger partial charge is 0.329 e. The molecule has 0 saturated heterocycles. The highest BCUT2D eigenvalue weighted by molar-refractivity contribution is 7.40. The van der Waals surface area contributed by atoms with Crippen molar-refractivity contribution in [2.24, 2.45) is 5.92 Å². The summed E-state index contributed by atoms with van der Waals surface area (Å²) < 4.78 is 17.8. The number of ether oxygens (including phenoxy) is 1. The molecule has 0 aromatic carbocycles. The highest BCUT2D eigenvalue weighted by Gasteiger charge is 2.17. The van der Waals surface area contributed by atoms with E-state index >= 15 is 0 Å². The number of carbonyl (C=O) groups is 1. The molecule has 2 unspecified atom stereocenters. The molecule has 2 atom stereocenters. The third kappa shape index (κ3) is 28.7. The molecule has 0 aliphatic rings. The molecule has 0 amide bonds. The Morgan fingerprint density at radius 2 is 1.22 bits per heavy atom. The van der Waals surface area contributed by atoms with Crippen LogP contribution in [0.25, 0.3) is 0 Å². The van der Waals surface area contributed by atoms with Crippen molar-refractivity contribution in [3.8, 4) is 0 Å². The third-order valence-corrected chi connectivity index (χ3v) is 7.53. The maximum atomic E-state index is 12.0. The lowest BCUT2D eigenvalue weighted by Gasteiger charge is -2.23. The molecule has 0 fully saturated rings. The van der Waals surface area contributed by atoms with Gasteiger partial charge in [-0.2, -0.15) is 0 Å². The standard InChI is InChI=1S/C30H63NO5P/c1-6-8-9-10-11-12-13-14-15-16-17-18-19-21-24-34-27-29(26-30(32)7-2)28-36-37(33)35-25-22-20-23-31(3,4)5/h29,33H,6-28H2,1-5H3/q+1. The van der Waals surface area contributed by atoms with E-state index in [2.05, 4.69) is 28.1 Å². The number of unbranched alkanes of at least 4 members (excludes halogenated alkanes) is 14. The minimum Gasteiger partial charge on any atom is -0.381 e. The van der Waals surface area contributed by atoms with Crippen molar-refractivity contribution >= 4 is 14.4 Å². The Labute approximate surface area is 231 Å². The summed E-state index contributed by atoms with van der Waals surface area (Å²) in [4.78, 5) is 22.0. The highest BCUT2D eigenvalue weighted by Crippen LogP contribution is 2.34. The summed E-state index contributed by atoms with van der Waals surface area (Å²) in [5, 5.41) is 0. The molecule has 0 aliphatic heterocycles. The van der Waals surface area contributed by atoms with E-state index in [-0.39, 0.29) is 11.7 Å². The molecule has 0 aromatic rings. The molecule has 0 radical (unpaired) electrons. The summed E-state index contributed by atoms with van der Waals surface area (Å²) in [6.07, 6.45) is 21.7. The van der Waals surface area contributed by atoms with E-state index in [4.69, 9.17) is 13.8 Å². The lowest BCUT2D eigenvalue weighted by Crippen LogP contribution is -2.35. The number of ketones is 1. The SMILES string of the molecule is CCCCCCCCCCCCCCCCOCC(COP(O)OCCCC[N+](C)(C)C)CC(=O)CC. The van der Waals surface area contributed by atoms with Crippen LogP contribution in [0.15, 0.2) is 0 Å². The molecule has 0 heterocycles. The number of quaternary nitrogens is 1. The normalized spacial score (nSPS) is 13.7. The quantitative estimate of drug-likeness (QED) is 0.0580. The summed E-state index contributed by atoms with van der Waals surface area (Å²) >= 11 is 0. The summed E-state index contributed by atoms with van der Waals surface area (Å²) in [5.74, 6) is 0.176. The molecule has 0 aliphatic carbocycles. The third-order valence-electron chi connectivity index (χ3n) is 6.75. The minimum absolute atomic E-state index is 0.0296. The topological polar surface area (TPSA) is 65.0 Å². The van der Waals surface area contributed by atoms with Crippen LogP contribution >= 0.6 is 8.60 Å². The molecule has 0 rings (SSSR count). The number of hydrogen-bond donors (Lipinski definition) is 1. The van der Waals surface area contributed by atoms with Crippen molar-refractivity contribution in [2.45, 2.75) is 129 Å². The zero-order valence-electron chi connectivity index (χ0n) is 25.3. The van der Waals surface area contributed by atoms with Gasteiger partial charge in [0.05, 0.1) is 47.5 Å². The van der Waals surface area contributed by atoms with Crippen molar-refractivity contribution in [1.82, 2.24) is 0 Å². The zero-order valence-corrected chi connectivity index (χ0v) is 26.2. The first-order chi connectivity index (χ1) is 17.8. The predicted molar refractivity (Wildman–Crippen MR) is 158 cm³/mol. The Morgan fingerprint density at radius 1 is 0.703 bits per heavy atom. The van der Waals surface area contributed by atoms with Crippen LogP contribution in [0.2, 0.25) is 0 Å². The largest absolute Gasteiger partial charge is 0.381 e. The molecule has 0 bridgehead atoms. The number of Topliss-reactive ketones (excluding diaryl/α,β-unsaturated/α-hetero) is 1. The molecule has 0 spiro atoms. The average molecular weight is 549 g/mol. The lowest BCUT2D eigenvalue weighted by atomic mass is 10.0. The van der Waals surface area contributed by atoms with Crippen LogP contribution in [-0.4, -0.2) is 69.3 Å². The number of rotatable bonds is 29. The van der Waals surface area contributed by atoms with Gasteiger partial charge in [-0.15, -0.1) is 0 Å². The zero-order chi connectivity index (χ0) is 27.6. The summed E-state index contributed by atoms with van der Waals surface area (Å²) in [5.41, 5.74) is 0. The fraction of sp³-hybridized carbons (Fsp3) is 0.967. The molecule has 0 aromatic heterocycles. The maximum absolute atomic E-state index is 12.0. The molecule has 0 saturated carbocycles. The van der Waals surface area contributed by atoms with E-state index in [1.807, 2.05) is 6.92 Å². The summed E-state index contributed by atoms with van der Waals surface area (Å²) in [6.45, 7) is 7.25. The number of nitrogens with zero attached hydrogens (tertiary/aromatic N) is 1. The fourth-order valence-corrected chi connectivity index (χ4v) is 5.02. The van der Waals surface area contributed by atoms with E-state index in [9.17, 15) is 9.69 Å². The van der Waals surface area contributed by atoms with Gasteiger partial charge in [-0.05, 0) is 19.3 Å². The van der Waals surface area contributed by atoms with Crippen LogP contribution in [0.1, 0.15) is 129 Å². The Hall–Kier alpha value is -0.100. The molecular weight excluding hydrogens is 485 g/mol. The van der Waals surface area contributed by atoms with Crippen LogP contribution in [0, 0.1) is 5.92 Å². The van der Waals surface area contributed by atoms with Gasteiger partial charge >= 0.3 is 8.60 Å². The molecule has 7 heteroatoms. The predicted octanol–water partition coefficient (Wildman–Crippen LogP) is 8.21. The van der Waals surface area contributed by atoms with Gasteiger partial charge in [-0.1, -0.05) is 97.3 Å². The first-order valence-corrected chi connectivity index (χ1v) is 16.6. The van der Waals surface area contributed by atoms with E-state index in [1.165, 1.54) is 83.5 Å². The van der Waals surface area contributed by atoms with E-state index < -0.39 is 8.60 Å². The molecule has 1 N–H and O–H groups in total. The number of carbonyl (C=O) groups excluding carboxylic acids is 1. The van der Waals surface area contributed by atoms with Crippen LogP contribution < -0.4 is 0 Å². The average Bonchev–Trinajstić information content (AvgIpc) is 2.85. The van der Waals surface area contributed by atoms with Gasteiger partial charge < -0.3 is 23.2 Å². The van der Waals surface area contributed by atoms with Crippen molar-refractivity contribution < 1.29 is 28.0 Å². The van der Waals surface area contributed by atoms with Gasteiger partial charge in [0, 0.05) is 25.4 Å². The van der Waals surface area contributed by atoms with Crippen LogP contribution in [0.4, 0.5) is 0 Å². The van der Waals surface area contributed by atoms with Crippen LogP contribution in [-0.2, 0) is 18.6 Å². The fourth-order valence-electron chi connectivity index (χ4n) is 4.32. The van der Waals surface area contributed by atoms with Gasteiger partial charge in [0.1, 0.15) is 5.78 Å². The Morgan fingerprint density at radius 3 is 1.73 bits per heavy atom. The first-order valence-electron chi connectivity index (χ1n) is 15.4. The Kier molecular flexibility index (Phi) is 26.1. The molecular formula is C30H63NO5P+. The van der Waals surface area contributed by atoms with Gasteiger partial charge in [-0.25, -0.2) is 0 Å². The first kappa shape index (κ1) is 36.9. The van der Waals surface area contributed by atoms with Crippen molar-refractivity contribution in [3.63, 3.8) is 0 Å². The monoisotopic (exact) mass is 548 g/mol. The Balaban J connectivity index is 3.75. The molecule has 37 heavy (non-hydrogen) atoms. The molecule has 222 valence electrons. The van der Waals surface area contributed by atoms with Crippen molar-refractivity contribution in [3.05, 3.63) is 0 Å². The maximum Gasteiger partial charge on any atom is 0.329 e. The lowest BCUT2D eigenvalue weighted by molar-refractivity contribution is -0.870.